The molecule has 0 amide bonds. The number of halogens is 1. The second-order valence-corrected chi connectivity index (χ2v) is 3.75. The lowest BCUT2D eigenvalue weighted by Crippen LogP contribution is -1.79. The molecule has 0 bridgehead atoms. The van der Waals surface area contributed by atoms with Crippen molar-refractivity contribution in [2.24, 2.45) is 0 Å². The van der Waals surface area contributed by atoms with E-state index in [-0.39, 0.29) is 0 Å². The molecule has 6 heavy (non-hydrogen) atoms. The van der Waals surface area contributed by atoms with Gasteiger partial charge >= 0.3 is 0 Å². The van der Waals surface area contributed by atoms with Crippen LogP contribution in [0.25, 0.3) is 0 Å². The van der Waals surface area contributed by atoms with E-state index in [1.54, 1.807) is 3.63 Å². The van der Waals surface area contributed by atoms with Crippen molar-refractivity contribution in [3.63, 3.8) is 0 Å². The van der Waals surface area contributed by atoms with Gasteiger partial charge < -0.3 is 0 Å². The molecule has 0 aromatic heterocycles. The van der Waals surface area contributed by atoms with Crippen LogP contribution in [0.1, 0.15) is 0 Å². The predicted octanol–water partition coefficient (Wildman–Crippen LogP) is 0.662. The normalized spacial score (nSPS) is 39.0. The van der Waals surface area contributed by atoms with Crippen LogP contribution in [0.5, 0.6) is 0 Å². The Morgan fingerprint density at radius 3 is 2.33 bits per heavy atom. The first-order valence-corrected chi connectivity index (χ1v) is 5.14. The minimum Gasteiger partial charge on any atom is -0.270 e. The third kappa shape index (κ3) is 0.789. The van der Waals surface area contributed by atoms with E-state index in [1.807, 2.05) is 0 Å². The molecule has 2 heteroatoms. The molecule has 1 unspecified atom stereocenters. The van der Waals surface area contributed by atoms with Crippen LogP contribution < -0.4 is 0 Å². The minimum absolute atomic E-state index is 0.461. The van der Waals surface area contributed by atoms with Crippen molar-refractivity contribution in [2.75, 3.05) is 18.5 Å². The van der Waals surface area contributed by atoms with Crippen molar-refractivity contribution in [3.05, 3.63) is 0 Å². The van der Waals surface area contributed by atoms with Crippen molar-refractivity contribution >= 4 is 24.4 Å². The standard InChI is InChI=1S/C4H8IN/c1-5-4-3-6(4)2/h3H2,1-2H3. The molecule has 1 rings (SSSR count). The molecule has 0 aliphatic carbocycles. The average molecular weight is 197 g/mol. The summed E-state index contributed by atoms with van der Waals surface area (Å²) in [6.07, 6.45) is 0. The molecule has 1 heterocycles. The fraction of sp³-hybridized carbons (Fsp3) is 0.750. The van der Waals surface area contributed by atoms with Crippen LogP contribution in [0.3, 0.4) is 0 Å². The van der Waals surface area contributed by atoms with E-state index in [0.717, 1.165) is 0 Å². The van der Waals surface area contributed by atoms with Gasteiger partial charge in [0.1, 0.15) is 0 Å². The van der Waals surface area contributed by atoms with Gasteiger partial charge in [-0.1, -0.05) is 0 Å². The summed E-state index contributed by atoms with van der Waals surface area (Å²) in [5.74, 6) is 0. The van der Waals surface area contributed by atoms with Gasteiger partial charge in [-0.25, -0.2) is 0 Å². The fourth-order valence-electron chi connectivity index (χ4n) is 0.364. The first-order chi connectivity index (χ1) is 2.84. The van der Waals surface area contributed by atoms with Crippen LogP contribution in [0, 0.1) is 0 Å². The first-order valence-electron chi connectivity index (χ1n) is 1.91. The van der Waals surface area contributed by atoms with Crippen molar-refractivity contribution in [2.45, 2.75) is 0 Å². The lowest BCUT2D eigenvalue weighted by atomic mass is 11.0. The molecule has 0 aromatic rings. The molecule has 0 spiro atoms. The van der Waals surface area contributed by atoms with Gasteiger partial charge in [0.2, 0.25) is 0 Å². The van der Waals surface area contributed by atoms with Crippen LogP contribution in [0.2, 0.25) is 0 Å². The molecule has 1 saturated heterocycles. The van der Waals surface area contributed by atoms with E-state index in [0.29, 0.717) is 20.7 Å². The molecule has 0 aromatic carbocycles. The maximum absolute atomic E-state index is 2.31. The quantitative estimate of drug-likeness (QED) is 0.313. The van der Waals surface area contributed by atoms with Gasteiger partial charge in [-0.15, -0.1) is 20.7 Å². The number of hydrogen-bond acceptors (Lipinski definition) is 1. The zero-order valence-corrected chi connectivity index (χ0v) is 6.19. The number of likely N-dealkylation sites (N-methyl/N-ethyl adjacent to an activating group) is 1. The van der Waals surface area contributed by atoms with Crippen molar-refractivity contribution in [3.8, 4) is 0 Å². The summed E-state index contributed by atoms with van der Waals surface area (Å²) in [5.41, 5.74) is 0. The molecule has 36 valence electrons. The van der Waals surface area contributed by atoms with Crippen LogP contribution >= 0.6 is 20.7 Å². The topological polar surface area (TPSA) is 3.01 Å². The van der Waals surface area contributed by atoms with Gasteiger partial charge in [-0.05, 0) is 12.0 Å². The molecular weight excluding hydrogens is 189 g/mol. The second-order valence-electron chi connectivity index (χ2n) is 1.42. The van der Waals surface area contributed by atoms with Crippen molar-refractivity contribution in [1.82, 2.24) is 4.90 Å². The molecule has 1 atom stereocenters. The van der Waals surface area contributed by atoms with Crippen LogP contribution in [0.4, 0.5) is 0 Å². The Morgan fingerprint density at radius 2 is 2.33 bits per heavy atom. The molecule has 0 saturated carbocycles. The summed E-state index contributed by atoms with van der Waals surface area (Å²) in [7, 11) is 2.15. The summed E-state index contributed by atoms with van der Waals surface area (Å²) in [6, 6.07) is 0. The van der Waals surface area contributed by atoms with E-state index >= 15 is 0 Å². The summed E-state index contributed by atoms with van der Waals surface area (Å²) < 4.78 is 1.70. The van der Waals surface area contributed by atoms with Crippen LogP contribution in [-0.4, -0.2) is 27.1 Å². The van der Waals surface area contributed by atoms with Gasteiger partial charge in [0.15, 0.2) is 0 Å². The Hall–Kier alpha value is 0.560. The number of rotatable bonds is 0. The largest absolute Gasteiger partial charge is 0.270 e. The average Bonchev–Trinajstić information content (AvgIpc) is 2.19. The van der Waals surface area contributed by atoms with E-state index in [1.165, 1.54) is 6.54 Å². The van der Waals surface area contributed by atoms with E-state index in [4.69, 9.17) is 0 Å². The van der Waals surface area contributed by atoms with Gasteiger partial charge in [0, 0.05) is 10.2 Å². The first kappa shape index (κ1) is 4.71. The van der Waals surface area contributed by atoms with Gasteiger partial charge in [0.25, 0.3) is 0 Å². The minimum atomic E-state index is 0.461. The number of hydrogen-bond donors (Lipinski definition) is 0. The third-order valence-electron chi connectivity index (χ3n) is 0.897. The van der Waals surface area contributed by atoms with E-state index < -0.39 is 0 Å². The Morgan fingerprint density at radius 1 is 1.83 bits per heavy atom. The highest BCUT2D eigenvalue weighted by Gasteiger charge is 2.19. The molecule has 0 N–H and O–H groups in total. The Bertz CT molecular complexity index is 87.5. The summed E-state index contributed by atoms with van der Waals surface area (Å²) in [4.78, 5) is 4.62. The molecule has 1 fully saturated rings. The summed E-state index contributed by atoms with van der Waals surface area (Å²) in [6.45, 7) is 1.30. The number of alkyl halides is 1. The summed E-state index contributed by atoms with van der Waals surface area (Å²) in [5, 5.41) is 0. The highest BCUT2D eigenvalue weighted by atomic mass is 127. The van der Waals surface area contributed by atoms with Gasteiger partial charge in [-0.2, -0.15) is 0 Å². The fourth-order valence-corrected chi connectivity index (χ4v) is 2.04. The zero-order valence-electron chi connectivity index (χ0n) is 4.03. The SMILES string of the molecule is CI=C1CN1C. The molecule has 1 aliphatic heterocycles. The lowest BCUT2D eigenvalue weighted by molar-refractivity contribution is 0.766. The maximum atomic E-state index is 2.31. The van der Waals surface area contributed by atoms with E-state index in [2.05, 4.69) is 16.9 Å². The predicted molar refractivity (Wildman–Crippen MR) is 37.6 cm³/mol. The summed E-state index contributed by atoms with van der Waals surface area (Å²) >= 11 is 0.461. The number of nitrogens with zero attached hydrogens (tertiary/aromatic N) is 1. The third-order valence-corrected chi connectivity index (χ3v) is 3.31. The smallest absolute Gasteiger partial charge is 0.0433 e. The Kier molecular flexibility index (Phi) is 1.24. The molecule has 0 radical (unpaired) electrons. The molecule has 1 aliphatic rings. The van der Waals surface area contributed by atoms with Crippen molar-refractivity contribution in [1.29, 1.82) is 0 Å². The highest BCUT2D eigenvalue weighted by molar-refractivity contribution is 14.2. The molecular formula is C4H8IN. The van der Waals surface area contributed by atoms with Crippen molar-refractivity contribution < 1.29 is 0 Å². The second kappa shape index (κ2) is 1.58. The maximum Gasteiger partial charge on any atom is 0.0433 e. The Labute approximate surface area is 48.1 Å². The monoisotopic (exact) mass is 197 g/mol. The van der Waals surface area contributed by atoms with Crippen LogP contribution in [0.15, 0.2) is 0 Å². The lowest BCUT2D eigenvalue weighted by Gasteiger charge is -1.70. The van der Waals surface area contributed by atoms with Gasteiger partial charge in [-0.3, -0.25) is 4.90 Å². The van der Waals surface area contributed by atoms with E-state index in [9.17, 15) is 0 Å². The zero-order chi connectivity index (χ0) is 4.57. The molecule has 1 nitrogen and oxygen atoms in total. The van der Waals surface area contributed by atoms with Gasteiger partial charge in [0.05, 0.1) is 0 Å². The Balaban J connectivity index is 2.44. The highest BCUT2D eigenvalue weighted by Crippen LogP contribution is 2.11. The van der Waals surface area contributed by atoms with Crippen LogP contribution in [-0.2, 0) is 0 Å².